The number of benzene rings is 2. The lowest BCUT2D eigenvalue weighted by Crippen LogP contribution is -2.36. The van der Waals surface area contributed by atoms with Gasteiger partial charge in [-0.1, -0.05) is 23.5 Å². The van der Waals surface area contributed by atoms with E-state index in [1.165, 1.54) is 11.3 Å². The Kier molecular flexibility index (Phi) is 7.77. The molecule has 0 bridgehead atoms. The van der Waals surface area contributed by atoms with Crippen molar-refractivity contribution in [3.63, 3.8) is 0 Å². The fourth-order valence-corrected chi connectivity index (χ4v) is 4.85. The summed E-state index contributed by atoms with van der Waals surface area (Å²) >= 11 is 1.46. The van der Waals surface area contributed by atoms with Crippen LogP contribution in [-0.4, -0.2) is 64.6 Å². The first kappa shape index (κ1) is 23.4. The van der Waals surface area contributed by atoms with Crippen LogP contribution in [0.3, 0.4) is 0 Å². The fraction of sp³-hybridized carbons (Fsp3) is 0.417. The van der Waals surface area contributed by atoms with Crippen molar-refractivity contribution in [1.29, 1.82) is 0 Å². The molecule has 8 nitrogen and oxygen atoms in total. The molecule has 4 rings (SSSR count). The predicted molar refractivity (Wildman–Crippen MR) is 132 cm³/mol. The molecule has 1 atom stereocenters. The van der Waals surface area contributed by atoms with Crippen LogP contribution in [-0.2, 0) is 9.47 Å². The van der Waals surface area contributed by atoms with Gasteiger partial charge in [-0.2, -0.15) is 0 Å². The molecule has 33 heavy (non-hydrogen) atoms. The molecule has 2 N–H and O–H groups in total. The quantitative estimate of drug-likeness (QED) is 0.462. The van der Waals surface area contributed by atoms with Crippen molar-refractivity contribution in [2.75, 3.05) is 63.9 Å². The highest BCUT2D eigenvalue weighted by Crippen LogP contribution is 2.39. The number of anilines is 2. The van der Waals surface area contributed by atoms with Crippen LogP contribution in [0.25, 0.3) is 10.2 Å². The first-order chi connectivity index (χ1) is 16.1. The lowest BCUT2D eigenvalue weighted by Gasteiger charge is -2.29. The molecule has 0 saturated carbocycles. The van der Waals surface area contributed by atoms with Crippen molar-refractivity contribution in [2.24, 2.45) is 0 Å². The summed E-state index contributed by atoms with van der Waals surface area (Å²) in [5.41, 5.74) is 3.55. The van der Waals surface area contributed by atoms with Gasteiger partial charge in [0, 0.05) is 38.3 Å². The fourth-order valence-electron chi connectivity index (χ4n) is 3.83. The van der Waals surface area contributed by atoms with Gasteiger partial charge < -0.3 is 24.4 Å². The third-order valence-electron chi connectivity index (χ3n) is 5.71. The standard InChI is InChI=1S/C24H30N4O4S/c1-16(25-10-13-30-2)17-4-6-18(7-5-17)23(29)27-24-26-21-20(31-3)9-8-19(22(21)33-24)28-11-14-32-15-12-28/h4-9,16,25H,10-15H2,1-3H3,(H,26,27,29). The van der Waals surface area contributed by atoms with Gasteiger partial charge in [0.25, 0.3) is 5.91 Å². The van der Waals surface area contributed by atoms with Crippen molar-refractivity contribution in [3.8, 4) is 5.75 Å². The molecule has 9 heteroatoms. The number of nitrogens with one attached hydrogen (secondary N) is 2. The van der Waals surface area contributed by atoms with Gasteiger partial charge in [0.2, 0.25) is 0 Å². The zero-order valence-electron chi connectivity index (χ0n) is 19.2. The van der Waals surface area contributed by atoms with E-state index in [9.17, 15) is 4.79 Å². The van der Waals surface area contributed by atoms with E-state index in [0.29, 0.717) is 36.3 Å². The second-order valence-corrected chi connectivity index (χ2v) is 8.83. The average Bonchev–Trinajstić information content (AvgIpc) is 3.27. The van der Waals surface area contributed by atoms with Crippen LogP contribution < -0.4 is 20.3 Å². The molecule has 1 fully saturated rings. The smallest absolute Gasteiger partial charge is 0.257 e. The average molecular weight is 471 g/mol. The Morgan fingerprint density at radius 1 is 1.18 bits per heavy atom. The number of ether oxygens (including phenoxy) is 3. The Morgan fingerprint density at radius 3 is 2.64 bits per heavy atom. The lowest BCUT2D eigenvalue weighted by atomic mass is 10.1. The van der Waals surface area contributed by atoms with Crippen LogP contribution in [0.15, 0.2) is 36.4 Å². The number of methoxy groups -OCH3 is 2. The van der Waals surface area contributed by atoms with Crippen molar-refractivity contribution in [1.82, 2.24) is 10.3 Å². The third kappa shape index (κ3) is 5.44. The summed E-state index contributed by atoms with van der Waals surface area (Å²) < 4.78 is 17.1. The molecule has 1 unspecified atom stereocenters. The highest BCUT2D eigenvalue weighted by molar-refractivity contribution is 7.23. The Labute approximate surface area is 197 Å². The maximum Gasteiger partial charge on any atom is 0.257 e. The molecule has 0 spiro atoms. The summed E-state index contributed by atoms with van der Waals surface area (Å²) in [6, 6.07) is 11.8. The zero-order valence-corrected chi connectivity index (χ0v) is 20.0. The van der Waals surface area contributed by atoms with Crippen LogP contribution in [0, 0.1) is 0 Å². The predicted octanol–water partition coefficient (Wildman–Crippen LogP) is 3.69. The van der Waals surface area contributed by atoms with Crippen LogP contribution in [0.5, 0.6) is 5.75 Å². The molecule has 1 aromatic heterocycles. The van der Waals surface area contributed by atoms with Gasteiger partial charge in [-0.05, 0) is 36.8 Å². The summed E-state index contributed by atoms with van der Waals surface area (Å²) in [6.45, 7) is 6.57. The molecule has 3 aromatic rings. The lowest BCUT2D eigenvalue weighted by molar-refractivity contribution is 0.102. The van der Waals surface area contributed by atoms with Gasteiger partial charge in [0.15, 0.2) is 5.13 Å². The Morgan fingerprint density at radius 2 is 1.94 bits per heavy atom. The van der Waals surface area contributed by atoms with Crippen molar-refractivity contribution in [2.45, 2.75) is 13.0 Å². The minimum Gasteiger partial charge on any atom is -0.494 e. The summed E-state index contributed by atoms with van der Waals surface area (Å²) in [4.78, 5) is 19.9. The molecular weight excluding hydrogens is 440 g/mol. The maximum atomic E-state index is 12.9. The molecule has 1 aliphatic heterocycles. The van der Waals surface area contributed by atoms with E-state index in [1.807, 2.05) is 30.3 Å². The number of nitrogens with zero attached hydrogens (tertiary/aromatic N) is 2. The van der Waals surface area contributed by atoms with E-state index in [4.69, 9.17) is 14.2 Å². The Bertz CT molecular complexity index is 1080. The van der Waals surface area contributed by atoms with Gasteiger partial charge >= 0.3 is 0 Å². The zero-order chi connectivity index (χ0) is 23.2. The van der Waals surface area contributed by atoms with E-state index in [1.54, 1.807) is 14.2 Å². The van der Waals surface area contributed by atoms with Crippen LogP contribution in [0.4, 0.5) is 10.8 Å². The van der Waals surface area contributed by atoms with E-state index in [0.717, 1.165) is 41.1 Å². The van der Waals surface area contributed by atoms with Crippen LogP contribution in [0.2, 0.25) is 0 Å². The molecule has 0 aliphatic carbocycles. The number of hydrogen-bond acceptors (Lipinski definition) is 8. The monoisotopic (exact) mass is 470 g/mol. The van der Waals surface area contributed by atoms with Gasteiger partial charge in [-0.15, -0.1) is 0 Å². The molecule has 2 heterocycles. The number of fused-ring (bicyclic) bond motifs is 1. The molecule has 1 amide bonds. The normalized spacial score (nSPS) is 14.9. The Hall–Kier alpha value is -2.72. The third-order valence-corrected chi connectivity index (χ3v) is 6.70. The number of carbonyl (C=O) groups excluding carboxylic acids is 1. The highest BCUT2D eigenvalue weighted by atomic mass is 32.1. The summed E-state index contributed by atoms with van der Waals surface area (Å²) in [7, 11) is 3.32. The minimum absolute atomic E-state index is 0.174. The van der Waals surface area contributed by atoms with Crippen molar-refractivity contribution in [3.05, 3.63) is 47.5 Å². The van der Waals surface area contributed by atoms with Gasteiger partial charge in [-0.25, -0.2) is 4.98 Å². The number of hydrogen-bond donors (Lipinski definition) is 2. The summed E-state index contributed by atoms with van der Waals surface area (Å²) in [5.74, 6) is 0.505. The van der Waals surface area contributed by atoms with Gasteiger partial charge in [0.1, 0.15) is 11.3 Å². The molecule has 0 radical (unpaired) electrons. The first-order valence-electron chi connectivity index (χ1n) is 11.0. The van der Waals surface area contributed by atoms with Crippen LogP contribution in [0.1, 0.15) is 28.9 Å². The topological polar surface area (TPSA) is 85.0 Å². The molecular formula is C24H30N4O4S. The molecule has 1 saturated heterocycles. The van der Waals surface area contributed by atoms with E-state index in [-0.39, 0.29) is 11.9 Å². The van der Waals surface area contributed by atoms with Gasteiger partial charge in [0.05, 0.1) is 37.3 Å². The largest absolute Gasteiger partial charge is 0.494 e. The van der Waals surface area contributed by atoms with E-state index < -0.39 is 0 Å². The number of morpholine rings is 1. The maximum absolute atomic E-state index is 12.9. The van der Waals surface area contributed by atoms with Crippen LogP contribution >= 0.6 is 11.3 Å². The van der Waals surface area contributed by atoms with E-state index in [2.05, 4.69) is 33.5 Å². The van der Waals surface area contributed by atoms with Crippen molar-refractivity contribution >= 4 is 38.3 Å². The number of aromatic nitrogens is 1. The number of thiazole rings is 1. The van der Waals surface area contributed by atoms with Crippen molar-refractivity contribution < 1.29 is 19.0 Å². The second kappa shape index (κ2) is 10.9. The molecule has 2 aromatic carbocycles. The number of amides is 1. The number of rotatable bonds is 9. The summed E-state index contributed by atoms with van der Waals surface area (Å²) in [6.07, 6.45) is 0. The SMILES string of the molecule is COCCNC(C)c1ccc(C(=O)Nc2nc3c(OC)ccc(N4CCOCC4)c3s2)cc1. The molecule has 1 aliphatic rings. The first-order valence-corrected chi connectivity index (χ1v) is 11.9. The van der Waals surface area contributed by atoms with E-state index >= 15 is 0 Å². The Balaban J connectivity index is 1.50. The molecule has 176 valence electrons. The highest BCUT2D eigenvalue weighted by Gasteiger charge is 2.20. The minimum atomic E-state index is -0.188. The number of carbonyl (C=O) groups is 1. The second-order valence-electron chi connectivity index (χ2n) is 7.83. The van der Waals surface area contributed by atoms with Gasteiger partial charge in [-0.3, -0.25) is 10.1 Å². The summed E-state index contributed by atoms with van der Waals surface area (Å²) in [5, 5.41) is 6.89.